The summed E-state index contributed by atoms with van der Waals surface area (Å²) in [6, 6.07) is 0. The normalized spacial score (nSPS) is 49.5. The van der Waals surface area contributed by atoms with E-state index in [0.717, 1.165) is 19.3 Å². The molecule has 1 spiro atoms. The van der Waals surface area contributed by atoms with Crippen molar-refractivity contribution in [2.75, 3.05) is 18.6 Å². The molecule has 8 heteroatoms. The smallest absolute Gasteiger partial charge is 0.201 e. The highest BCUT2D eigenvalue weighted by Crippen LogP contribution is 2.60. The zero-order valence-corrected chi connectivity index (χ0v) is 17.6. The van der Waals surface area contributed by atoms with Crippen LogP contribution in [0.5, 0.6) is 0 Å². The molecule has 7 nitrogen and oxygen atoms in total. The van der Waals surface area contributed by atoms with Gasteiger partial charge in [0, 0.05) is 24.5 Å². The summed E-state index contributed by atoms with van der Waals surface area (Å²) in [5.41, 5.74) is -0.544. The van der Waals surface area contributed by atoms with Gasteiger partial charge in [-0.05, 0) is 51.0 Å². The number of hydrogen-bond acceptors (Lipinski definition) is 7. The lowest BCUT2D eigenvalue weighted by Crippen LogP contribution is -2.71. The van der Waals surface area contributed by atoms with Crippen molar-refractivity contribution in [3.63, 3.8) is 0 Å². The van der Waals surface area contributed by atoms with Crippen LogP contribution in [0.2, 0.25) is 0 Å². The van der Waals surface area contributed by atoms with Gasteiger partial charge in [-0.2, -0.15) is 0 Å². The number of ether oxygens (including phenoxy) is 2. The van der Waals surface area contributed by atoms with Crippen molar-refractivity contribution in [3.8, 4) is 0 Å². The minimum atomic E-state index is -2.94. The van der Waals surface area contributed by atoms with E-state index >= 15 is 0 Å². The van der Waals surface area contributed by atoms with Crippen LogP contribution < -0.4 is 5.32 Å². The number of nitrogens with one attached hydrogen (secondary N) is 1. The molecule has 4 heterocycles. The SMILES string of the molecule is C[C@H]1[C@H](NCCCS(C)(=O)=O)O[C@@H]2O[C@@]3(C)CC[C@H]4[C@H](C)CC[C@@H]1[C@@]24OO3. The van der Waals surface area contributed by atoms with E-state index in [0.29, 0.717) is 24.8 Å². The Hall–Kier alpha value is -0.250. The Labute approximate surface area is 162 Å². The van der Waals surface area contributed by atoms with Gasteiger partial charge in [0.25, 0.3) is 0 Å². The first-order valence-corrected chi connectivity index (χ1v) is 12.3. The van der Waals surface area contributed by atoms with Gasteiger partial charge in [0.05, 0.1) is 5.75 Å². The van der Waals surface area contributed by atoms with Gasteiger partial charge in [-0.1, -0.05) is 13.8 Å². The van der Waals surface area contributed by atoms with Crippen LogP contribution in [0.1, 0.15) is 52.9 Å². The first-order chi connectivity index (χ1) is 12.6. The number of hydrogen-bond donors (Lipinski definition) is 1. The van der Waals surface area contributed by atoms with Gasteiger partial charge in [-0.15, -0.1) is 0 Å². The Kier molecular flexibility index (Phi) is 5.13. The Morgan fingerprint density at radius 3 is 2.63 bits per heavy atom. The van der Waals surface area contributed by atoms with Crippen LogP contribution in [-0.4, -0.2) is 50.9 Å². The lowest BCUT2D eigenvalue weighted by Gasteiger charge is -2.60. The summed E-state index contributed by atoms with van der Waals surface area (Å²) >= 11 is 0. The van der Waals surface area contributed by atoms with Crippen molar-refractivity contribution in [1.82, 2.24) is 5.32 Å². The Bertz CT molecular complexity index is 671. The third kappa shape index (κ3) is 3.46. The summed E-state index contributed by atoms with van der Waals surface area (Å²) in [5, 5.41) is 3.42. The second-order valence-corrected chi connectivity index (χ2v) is 11.5. The summed E-state index contributed by atoms with van der Waals surface area (Å²) in [4.78, 5) is 11.9. The monoisotopic (exact) mass is 403 g/mol. The van der Waals surface area contributed by atoms with Crippen LogP contribution in [-0.2, 0) is 29.1 Å². The summed E-state index contributed by atoms with van der Waals surface area (Å²) in [6.45, 7) is 7.02. The molecular weight excluding hydrogens is 370 g/mol. The first kappa shape index (κ1) is 20.0. The van der Waals surface area contributed by atoms with Crippen molar-refractivity contribution in [2.24, 2.45) is 23.7 Å². The lowest BCUT2D eigenvalue weighted by atomic mass is 9.58. The molecule has 1 aliphatic carbocycles. The molecule has 1 saturated carbocycles. The van der Waals surface area contributed by atoms with Gasteiger partial charge < -0.3 is 9.47 Å². The molecule has 4 saturated heterocycles. The van der Waals surface area contributed by atoms with Crippen molar-refractivity contribution < 1.29 is 27.7 Å². The third-order valence-corrected chi connectivity index (χ3v) is 8.23. The Morgan fingerprint density at radius 1 is 1.11 bits per heavy atom. The standard InChI is InChI=1S/C19H33NO6S/c1-12-6-7-15-13(2)16(20-10-5-11-27(4,21)22)23-17-19(15)14(12)8-9-18(3,24-17)25-26-19/h12-17,20H,5-11H2,1-4H3/t12-,13-,14+,15+,16-,17-,18-,19-/m1/s1. The molecule has 4 aliphatic heterocycles. The van der Waals surface area contributed by atoms with Crippen molar-refractivity contribution in [2.45, 2.75) is 76.8 Å². The Morgan fingerprint density at radius 2 is 1.89 bits per heavy atom. The van der Waals surface area contributed by atoms with E-state index in [4.69, 9.17) is 19.2 Å². The van der Waals surface area contributed by atoms with E-state index in [1.807, 2.05) is 6.92 Å². The quantitative estimate of drug-likeness (QED) is 0.557. The van der Waals surface area contributed by atoms with Crippen LogP contribution in [0.15, 0.2) is 0 Å². The zero-order valence-electron chi connectivity index (χ0n) is 16.8. The molecule has 5 aliphatic rings. The fraction of sp³-hybridized carbons (Fsp3) is 1.00. The molecule has 2 bridgehead atoms. The van der Waals surface area contributed by atoms with E-state index in [2.05, 4.69) is 19.2 Å². The second kappa shape index (κ2) is 6.92. The first-order valence-electron chi connectivity index (χ1n) is 10.3. The maximum atomic E-state index is 11.4. The highest BCUT2D eigenvalue weighted by atomic mass is 32.2. The van der Waals surface area contributed by atoms with E-state index < -0.39 is 27.5 Å². The van der Waals surface area contributed by atoms with Gasteiger partial charge in [-0.3, -0.25) is 5.32 Å². The maximum absolute atomic E-state index is 11.4. The van der Waals surface area contributed by atoms with Gasteiger partial charge in [-0.25, -0.2) is 18.2 Å². The van der Waals surface area contributed by atoms with Crippen molar-refractivity contribution in [3.05, 3.63) is 0 Å². The number of rotatable bonds is 5. The highest BCUT2D eigenvalue weighted by Gasteiger charge is 2.69. The lowest BCUT2D eigenvalue weighted by molar-refractivity contribution is -0.571. The molecular formula is C19H33NO6S. The summed E-state index contributed by atoms with van der Waals surface area (Å²) in [7, 11) is -2.94. The van der Waals surface area contributed by atoms with Crippen LogP contribution in [0.3, 0.4) is 0 Å². The maximum Gasteiger partial charge on any atom is 0.201 e. The topological polar surface area (TPSA) is 83.1 Å². The van der Waals surface area contributed by atoms with Crippen LogP contribution >= 0.6 is 0 Å². The summed E-state index contributed by atoms with van der Waals surface area (Å²) < 4.78 is 35.4. The molecule has 0 radical (unpaired) electrons. The van der Waals surface area contributed by atoms with Crippen LogP contribution in [0.4, 0.5) is 0 Å². The Balaban J connectivity index is 1.53. The molecule has 156 valence electrons. The minimum absolute atomic E-state index is 0.175. The fourth-order valence-electron chi connectivity index (χ4n) is 5.72. The van der Waals surface area contributed by atoms with E-state index in [-0.39, 0.29) is 23.8 Å². The molecule has 5 rings (SSSR count). The van der Waals surface area contributed by atoms with Gasteiger partial charge >= 0.3 is 0 Å². The average Bonchev–Trinajstić information content (AvgIpc) is 2.81. The largest absolute Gasteiger partial charge is 0.331 e. The molecule has 0 aromatic carbocycles. The predicted octanol–water partition coefficient (Wildman–Crippen LogP) is 2.22. The second-order valence-electron chi connectivity index (χ2n) is 9.26. The third-order valence-electron chi connectivity index (χ3n) is 7.20. The van der Waals surface area contributed by atoms with E-state index in [1.165, 1.54) is 12.7 Å². The van der Waals surface area contributed by atoms with Crippen LogP contribution in [0, 0.1) is 23.7 Å². The molecule has 8 atom stereocenters. The van der Waals surface area contributed by atoms with Crippen molar-refractivity contribution >= 4 is 9.84 Å². The van der Waals surface area contributed by atoms with Crippen molar-refractivity contribution in [1.29, 1.82) is 0 Å². The molecule has 0 aromatic heterocycles. The van der Waals surface area contributed by atoms with Crippen LogP contribution in [0.25, 0.3) is 0 Å². The fourth-order valence-corrected chi connectivity index (χ4v) is 6.39. The number of sulfone groups is 1. The van der Waals surface area contributed by atoms with E-state index in [1.54, 1.807) is 0 Å². The van der Waals surface area contributed by atoms with Gasteiger partial charge in [0.1, 0.15) is 16.1 Å². The molecule has 27 heavy (non-hydrogen) atoms. The predicted molar refractivity (Wildman–Crippen MR) is 99.2 cm³/mol. The molecule has 1 N–H and O–H groups in total. The highest BCUT2D eigenvalue weighted by molar-refractivity contribution is 7.90. The summed E-state index contributed by atoms with van der Waals surface area (Å²) in [6.07, 6.45) is 5.27. The molecule has 0 aromatic rings. The van der Waals surface area contributed by atoms with Gasteiger partial charge in [0.15, 0.2) is 11.9 Å². The minimum Gasteiger partial charge on any atom is -0.331 e. The molecule has 0 amide bonds. The molecule has 0 unspecified atom stereocenters. The average molecular weight is 404 g/mol. The van der Waals surface area contributed by atoms with E-state index in [9.17, 15) is 8.42 Å². The zero-order chi connectivity index (χ0) is 19.4. The van der Waals surface area contributed by atoms with Gasteiger partial charge in [0.2, 0.25) is 5.79 Å². The molecule has 5 fully saturated rings. The number of fused-ring (bicyclic) bond motifs is 2. The summed E-state index contributed by atoms with van der Waals surface area (Å²) in [5.74, 6) is 0.837.